The van der Waals surface area contributed by atoms with Gasteiger partial charge < -0.3 is 10.0 Å². The van der Waals surface area contributed by atoms with Gasteiger partial charge in [0, 0.05) is 32.2 Å². The minimum atomic E-state index is -1.05. The normalized spacial score (nSPS) is 19.9. The zero-order valence-electron chi connectivity index (χ0n) is 10.1. The summed E-state index contributed by atoms with van der Waals surface area (Å²) in [6, 6.07) is 0.481. The molecule has 0 spiro atoms. The predicted octanol–water partition coefficient (Wildman–Crippen LogP) is 0.260. The fourth-order valence-corrected chi connectivity index (χ4v) is 1.84. The molecule has 0 radical (unpaired) electrons. The highest BCUT2D eigenvalue weighted by molar-refractivity contribution is 5.96. The summed E-state index contributed by atoms with van der Waals surface area (Å²) in [5, 5.41) is 8.77. The van der Waals surface area contributed by atoms with Gasteiger partial charge in [-0.25, -0.2) is 0 Å². The molecule has 0 aromatic rings. The van der Waals surface area contributed by atoms with Crippen LogP contribution in [0.4, 0.5) is 0 Å². The Morgan fingerprint density at radius 3 is 1.94 bits per heavy atom. The van der Waals surface area contributed by atoms with Crippen LogP contribution in [-0.4, -0.2) is 59.0 Å². The molecule has 1 amide bonds. The van der Waals surface area contributed by atoms with Gasteiger partial charge in [-0.1, -0.05) is 0 Å². The average molecular weight is 228 g/mol. The van der Waals surface area contributed by atoms with Gasteiger partial charge in [0.15, 0.2) is 0 Å². The third kappa shape index (κ3) is 2.95. The number of hydrogen-bond donors (Lipinski definition) is 1. The van der Waals surface area contributed by atoms with E-state index < -0.39 is 11.9 Å². The van der Waals surface area contributed by atoms with Gasteiger partial charge in [-0.2, -0.15) is 0 Å². The maximum Gasteiger partial charge on any atom is 0.315 e. The Hall–Kier alpha value is -1.10. The Morgan fingerprint density at radius 1 is 1.06 bits per heavy atom. The lowest BCUT2D eigenvalue weighted by atomic mass is 10.1. The molecular formula is C11H20N2O3. The monoisotopic (exact) mass is 228 g/mol. The Morgan fingerprint density at radius 2 is 1.56 bits per heavy atom. The number of nitrogens with zero attached hydrogens (tertiary/aromatic N) is 2. The molecule has 0 saturated carbocycles. The standard InChI is InChI=1S/C11H20N2O3/c1-8(2)12-4-6-13(7-5-12)10(14)9(3)11(15)16/h8-9H,4-7H2,1-3H3,(H,15,16). The summed E-state index contributed by atoms with van der Waals surface area (Å²) in [6.07, 6.45) is 0. The number of amides is 1. The van der Waals surface area contributed by atoms with Crippen LogP contribution in [0.3, 0.4) is 0 Å². The second-order valence-electron chi connectivity index (χ2n) is 4.51. The SMILES string of the molecule is CC(C(=O)O)C(=O)N1CCN(C(C)C)CC1. The summed E-state index contributed by atoms with van der Waals surface area (Å²) in [5.41, 5.74) is 0. The van der Waals surface area contributed by atoms with Crippen molar-refractivity contribution in [1.29, 1.82) is 0 Å². The molecule has 16 heavy (non-hydrogen) atoms. The molecule has 5 nitrogen and oxygen atoms in total. The highest BCUT2D eigenvalue weighted by Gasteiger charge is 2.29. The first kappa shape index (κ1) is 13.0. The molecule has 1 aliphatic heterocycles. The van der Waals surface area contributed by atoms with Crippen LogP contribution in [-0.2, 0) is 9.59 Å². The van der Waals surface area contributed by atoms with Crippen LogP contribution in [0.5, 0.6) is 0 Å². The first-order valence-corrected chi connectivity index (χ1v) is 5.69. The zero-order valence-corrected chi connectivity index (χ0v) is 10.1. The van der Waals surface area contributed by atoms with Crippen LogP contribution < -0.4 is 0 Å². The molecule has 0 aliphatic carbocycles. The topological polar surface area (TPSA) is 60.9 Å². The molecule has 1 fully saturated rings. The Kier molecular flexibility index (Phi) is 4.29. The maximum absolute atomic E-state index is 11.7. The largest absolute Gasteiger partial charge is 0.481 e. The van der Waals surface area contributed by atoms with Crippen molar-refractivity contribution < 1.29 is 14.7 Å². The van der Waals surface area contributed by atoms with E-state index in [0.717, 1.165) is 13.1 Å². The number of rotatable bonds is 3. The predicted molar refractivity (Wildman–Crippen MR) is 60.1 cm³/mol. The van der Waals surface area contributed by atoms with Gasteiger partial charge in [-0.05, 0) is 20.8 Å². The van der Waals surface area contributed by atoms with E-state index >= 15 is 0 Å². The first-order valence-electron chi connectivity index (χ1n) is 5.69. The van der Waals surface area contributed by atoms with Gasteiger partial charge in [0.25, 0.3) is 0 Å². The second-order valence-corrected chi connectivity index (χ2v) is 4.51. The third-order valence-corrected chi connectivity index (χ3v) is 3.10. The van der Waals surface area contributed by atoms with E-state index in [2.05, 4.69) is 18.7 Å². The van der Waals surface area contributed by atoms with Crippen LogP contribution in [0.1, 0.15) is 20.8 Å². The highest BCUT2D eigenvalue weighted by atomic mass is 16.4. The van der Waals surface area contributed by atoms with Gasteiger partial charge in [-0.15, -0.1) is 0 Å². The summed E-state index contributed by atoms with van der Waals surface area (Å²) in [7, 11) is 0. The quantitative estimate of drug-likeness (QED) is 0.704. The molecule has 1 rings (SSSR count). The van der Waals surface area contributed by atoms with Crippen molar-refractivity contribution in [2.45, 2.75) is 26.8 Å². The van der Waals surface area contributed by atoms with Crippen molar-refractivity contribution in [3.8, 4) is 0 Å². The van der Waals surface area contributed by atoms with Crippen LogP contribution >= 0.6 is 0 Å². The van der Waals surface area contributed by atoms with E-state index in [1.807, 2.05) is 0 Å². The molecule has 0 aromatic heterocycles. The summed E-state index contributed by atoms with van der Waals surface area (Å²) < 4.78 is 0. The molecule has 5 heteroatoms. The minimum absolute atomic E-state index is 0.268. The van der Waals surface area contributed by atoms with E-state index in [0.29, 0.717) is 19.1 Å². The molecule has 1 heterocycles. The molecule has 1 aliphatic rings. The lowest BCUT2D eigenvalue weighted by Gasteiger charge is -2.37. The van der Waals surface area contributed by atoms with Gasteiger partial charge >= 0.3 is 5.97 Å². The Balaban J connectivity index is 2.48. The zero-order chi connectivity index (χ0) is 12.3. The highest BCUT2D eigenvalue weighted by Crippen LogP contribution is 2.09. The van der Waals surface area contributed by atoms with Crippen LogP contribution in [0.2, 0.25) is 0 Å². The summed E-state index contributed by atoms with van der Waals surface area (Å²) in [6.45, 7) is 8.61. The molecule has 92 valence electrons. The lowest BCUT2D eigenvalue weighted by molar-refractivity contribution is -0.151. The van der Waals surface area contributed by atoms with E-state index in [1.165, 1.54) is 6.92 Å². The van der Waals surface area contributed by atoms with Crippen molar-refractivity contribution in [2.75, 3.05) is 26.2 Å². The fraction of sp³-hybridized carbons (Fsp3) is 0.818. The van der Waals surface area contributed by atoms with Crippen molar-refractivity contribution >= 4 is 11.9 Å². The second kappa shape index (κ2) is 5.30. The molecule has 1 atom stereocenters. The molecule has 1 N–H and O–H groups in total. The maximum atomic E-state index is 11.7. The number of hydrogen-bond acceptors (Lipinski definition) is 3. The van der Waals surface area contributed by atoms with Crippen molar-refractivity contribution in [3.63, 3.8) is 0 Å². The molecule has 1 unspecified atom stereocenters. The number of carbonyl (C=O) groups is 2. The molecule has 0 bridgehead atoms. The van der Waals surface area contributed by atoms with Crippen molar-refractivity contribution in [3.05, 3.63) is 0 Å². The third-order valence-electron chi connectivity index (χ3n) is 3.10. The van der Waals surface area contributed by atoms with Gasteiger partial charge in [0.2, 0.25) is 5.91 Å². The number of carboxylic acid groups (broad SMARTS) is 1. The Bertz CT molecular complexity index is 270. The van der Waals surface area contributed by atoms with E-state index in [1.54, 1.807) is 4.90 Å². The summed E-state index contributed by atoms with van der Waals surface area (Å²) in [4.78, 5) is 26.4. The Labute approximate surface area is 96.0 Å². The van der Waals surface area contributed by atoms with Crippen LogP contribution in [0.25, 0.3) is 0 Å². The molecular weight excluding hydrogens is 208 g/mol. The van der Waals surface area contributed by atoms with Gasteiger partial charge in [0.1, 0.15) is 5.92 Å². The van der Waals surface area contributed by atoms with Crippen molar-refractivity contribution in [1.82, 2.24) is 9.80 Å². The number of carboxylic acids is 1. The van der Waals surface area contributed by atoms with E-state index in [9.17, 15) is 9.59 Å². The average Bonchev–Trinajstić information content (AvgIpc) is 2.27. The van der Waals surface area contributed by atoms with Crippen LogP contribution in [0, 0.1) is 5.92 Å². The van der Waals surface area contributed by atoms with Crippen molar-refractivity contribution in [2.24, 2.45) is 5.92 Å². The number of carbonyl (C=O) groups excluding carboxylic acids is 1. The minimum Gasteiger partial charge on any atom is -0.481 e. The van der Waals surface area contributed by atoms with Crippen LogP contribution in [0.15, 0.2) is 0 Å². The summed E-state index contributed by atoms with van der Waals surface area (Å²) in [5.74, 6) is -2.24. The van der Waals surface area contributed by atoms with Gasteiger partial charge in [-0.3, -0.25) is 14.5 Å². The molecule has 1 saturated heterocycles. The first-order chi connectivity index (χ1) is 7.43. The molecule has 0 aromatic carbocycles. The number of aliphatic carboxylic acids is 1. The number of piperazine rings is 1. The summed E-state index contributed by atoms with van der Waals surface area (Å²) >= 11 is 0. The van der Waals surface area contributed by atoms with Gasteiger partial charge in [0.05, 0.1) is 0 Å². The fourth-order valence-electron chi connectivity index (χ4n) is 1.84. The smallest absolute Gasteiger partial charge is 0.315 e. The van der Waals surface area contributed by atoms with E-state index in [4.69, 9.17) is 5.11 Å². The lowest BCUT2D eigenvalue weighted by Crippen LogP contribution is -2.52. The van der Waals surface area contributed by atoms with E-state index in [-0.39, 0.29) is 5.91 Å².